The van der Waals surface area contributed by atoms with Crippen molar-refractivity contribution in [3.8, 4) is 11.3 Å². The summed E-state index contributed by atoms with van der Waals surface area (Å²) in [6, 6.07) is 14.2. The summed E-state index contributed by atoms with van der Waals surface area (Å²) in [5.41, 5.74) is 5.20. The van der Waals surface area contributed by atoms with E-state index in [1.807, 2.05) is 52.2 Å². The molecular formula is C23H20N10. The Labute approximate surface area is 188 Å². The van der Waals surface area contributed by atoms with Gasteiger partial charge in [0.05, 0.1) is 24.7 Å². The summed E-state index contributed by atoms with van der Waals surface area (Å²) < 4.78 is 3.67. The summed E-state index contributed by atoms with van der Waals surface area (Å²) in [5.74, 6) is 0.530. The van der Waals surface area contributed by atoms with Crippen LogP contribution < -0.4 is 5.32 Å². The molecule has 6 rings (SSSR count). The maximum Gasteiger partial charge on any atom is 0.224 e. The number of aromatic nitrogens is 9. The number of pyridine rings is 1. The molecule has 0 spiro atoms. The minimum atomic E-state index is 0.436. The van der Waals surface area contributed by atoms with Crippen LogP contribution in [-0.4, -0.2) is 51.8 Å². The van der Waals surface area contributed by atoms with Gasteiger partial charge in [0.2, 0.25) is 5.95 Å². The average molecular weight is 436 g/mol. The van der Waals surface area contributed by atoms with Crippen molar-refractivity contribution in [2.75, 3.05) is 12.4 Å². The molecule has 5 heterocycles. The highest BCUT2D eigenvalue weighted by atomic mass is 15.4. The molecule has 0 aliphatic heterocycles. The van der Waals surface area contributed by atoms with Crippen molar-refractivity contribution in [1.82, 2.24) is 44.7 Å². The lowest BCUT2D eigenvalue weighted by Crippen LogP contribution is -2.05. The van der Waals surface area contributed by atoms with E-state index in [4.69, 9.17) is 5.10 Å². The monoisotopic (exact) mass is 436 g/mol. The molecule has 0 fully saturated rings. The number of hydrogen-bond donors (Lipinski definition) is 2. The van der Waals surface area contributed by atoms with Gasteiger partial charge in [-0.15, -0.1) is 5.10 Å². The molecule has 162 valence electrons. The van der Waals surface area contributed by atoms with Gasteiger partial charge in [0.15, 0.2) is 5.65 Å². The fraction of sp³-hybridized carbons (Fsp3) is 0.130. The molecule has 0 radical (unpaired) electrons. The van der Waals surface area contributed by atoms with E-state index in [2.05, 4.69) is 53.8 Å². The van der Waals surface area contributed by atoms with Gasteiger partial charge in [0.25, 0.3) is 0 Å². The number of aromatic amines is 1. The molecule has 2 N–H and O–H groups in total. The Morgan fingerprint density at radius 2 is 1.94 bits per heavy atom. The maximum atomic E-state index is 4.87. The Morgan fingerprint density at radius 3 is 2.82 bits per heavy atom. The number of nitrogens with zero attached hydrogens (tertiary/aromatic N) is 8. The average Bonchev–Trinajstić information content (AvgIpc) is 3.58. The zero-order valence-corrected chi connectivity index (χ0v) is 17.8. The lowest BCUT2D eigenvalue weighted by Gasteiger charge is -2.01. The van der Waals surface area contributed by atoms with Crippen molar-refractivity contribution >= 4 is 28.0 Å². The molecular weight excluding hydrogens is 416 g/mol. The molecule has 0 bridgehead atoms. The second kappa shape index (κ2) is 7.83. The lowest BCUT2D eigenvalue weighted by molar-refractivity contribution is 0.647. The highest BCUT2D eigenvalue weighted by molar-refractivity contribution is 5.93. The Balaban J connectivity index is 1.38. The number of rotatable bonds is 6. The van der Waals surface area contributed by atoms with E-state index in [-0.39, 0.29) is 0 Å². The number of fused-ring (bicyclic) bond motifs is 2. The first-order valence-corrected chi connectivity index (χ1v) is 10.5. The Bertz CT molecular complexity index is 1560. The summed E-state index contributed by atoms with van der Waals surface area (Å²) in [4.78, 5) is 16.7. The largest absolute Gasteiger partial charge is 0.357 e. The third-order valence-electron chi connectivity index (χ3n) is 5.47. The standard InChI is InChI=1S/C23H20N10/c1-24-23-27-11-19-20(17-9-16-7-8-25-21(16)26-10-17)30-33(22(19)28-23)14-18-13-32(31-29-18)12-15-5-3-2-4-6-15/h2-11,13H,12,14H2,1H3,(H,25,26)(H,24,27,28). The molecule has 1 aromatic carbocycles. The van der Waals surface area contributed by atoms with Crippen LogP contribution in [0.2, 0.25) is 0 Å². The van der Waals surface area contributed by atoms with E-state index in [0.29, 0.717) is 19.0 Å². The van der Waals surface area contributed by atoms with E-state index in [1.54, 1.807) is 13.2 Å². The van der Waals surface area contributed by atoms with E-state index in [0.717, 1.165) is 39.0 Å². The Morgan fingerprint density at radius 1 is 1.03 bits per heavy atom. The van der Waals surface area contributed by atoms with Crippen molar-refractivity contribution in [3.63, 3.8) is 0 Å². The normalized spacial score (nSPS) is 11.4. The summed E-state index contributed by atoms with van der Waals surface area (Å²) in [6.07, 6.45) is 7.42. The smallest absolute Gasteiger partial charge is 0.224 e. The summed E-state index contributed by atoms with van der Waals surface area (Å²) in [5, 5.41) is 18.4. The summed E-state index contributed by atoms with van der Waals surface area (Å²) >= 11 is 0. The van der Waals surface area contributed by atoms with Gasteiger partial charge < -0.3 is 10.3 Å². The van der Waals surface area contributed by atoms with Crippen LogP contribution in [0, 0.1) is 0 Å². The molecule has 0 amide bonds. The molecule has 0 atom stereocenters. The van der Waals surface area contributed by atoms with Crippen LogP contribution in [0.15, 0.2) is 67.3 Å². The maximum absolute atomic E-state index is 4.87. The fourth-order valence-corrected chi connectivity index (χ4v) is 3.88. The first kappa shape index (κ1) is 19.1. The fourth-order valence-electron chi connectivity index (χ4n) is 3.88. The van der Waals surface area contributed by atoms with Crippen LogP contribution in [-0.2, 0) is 13.1 Å². The second-order valence-electron chi connectivity index (χ2n) is 7.72. The van der Waals surface area contributed by atoms with E-state index in [1.165, 1.54) is 5.56 Å². The molecule has 5 aromatic heterocycles. The molecule has 10 nitrogen and oxygen atoms in total. The minimum absolute atomic E-state index is 0.436. The van der Waals surface area contributed by atoms with Crippen LogP contribution in [0.25, 0.3) is 33.3 Å². The second-order valence-corrected chi connectivity index (χ2v) is 7.72. The topological polar surface area (TPSA) is 115 Å². The number of hydrogen-bond acceptors (Lipinski definition) is 7. The van der Waals surface area contributed by atoms with Crippen LogP contribution in [0.4, 0.5) is 5.95 Å². The molecule has 33 heavy (non-hydrogen) atoms. The molecule has 10 heteroatoms. The molecule has 0 unspecified atom stereocenters. The molecule has 0 saturated heterocycles. The predicted octanol–water partition coefficient (Wildman–Crippen LogP) is 3.10. The third kappa shape index (κ3) is 3.57. The summed E-state index contributed by atoms with van der Waals surface area (Å²) in [7, 11) is 1.79. The first-order valence-electron chi connectivity index (χ1n) is 10.5. The van der Waals surface area contributed by atoms with Gasteiger partial charge >= 0.3 is 0 Å². The van der Waals surface area contributed by atoms with Crippen molar-refractivity contribution in [2.45, 2.75) is 13.1 Å². The van der Waals surface area contributed by atoms with Gasteiger partial charge in [-0.1, -0.05) is 35.5 Å². The van der Waals surface area contributed by atoms with Crippen LogP contribution >= 0.6 is 0 Å². The molecule has 0 saturated carbocycles. The minimum Gasteiger partial charge on any atom is -0.357 e. The lowest BCUT2D eigenvalue weighted by atomic mass is 10.1. The molecule has 0 aliphatic carbocycles. The van der Waals surface area contributed by atoms with Crippen molar-refractivity contribution in [2.24, 2.45) is 0 Å². The predicted molar refractivity (Wildman–Crippen MR) is 125 cm³/mol. The van der Waals surface area contributed by atoms with Gasteiger partial charge in [0, 0.05) is 36.6 Å². The third-order valence-corrected chi connectivity index (χ3v) is 5.47. The van der Waals surface area contributed by atoms with Crippen molar-refractivity contribution in [3.05, 3.63) is 78.5 Å². The number of nitrogens with one attached hydrogen (secondary N) is 2. The molecule has 0 aliphatic rings. The Hall–Kier alpha value is -4.60. The van der Waals surface area contributed by atoms with Crippen LogP contribution in [0.1, 0.15) is 11.3 Å². The van der Waals surface area contributed by atoms with Crippen molar-refractivity contribution < 1.29 is 0 Å². The van der Waals surface area contributed by atoms with Crippen LogP contribution in [0.3, 0.4) is 0 Å². The van der Waals surface area contributed by atoms with E-state index < -0.39 is 0 Å². The summed E-state index contributed by atoms with van der Waals surface area (Å²) in [6.45, 7) is 1.10. The first-order chi connectivity index (χ1) is 16.3. The van der Waals surface area contributed by atoms with Gasteiger partial charge in [-0.05, 0) is 17.7 Å². The zero-order chi connectivity index (χ0) is 22.2. The highest BCUT2D eigenvalue weighted by Gasteiger charge is 2.17. The number of benzene rings is 1. The number of anilines is 1. The van der Waals surface area contributed by atoms with Crippen LogP contribution in [0.5, 0.6) is 0 Å². The quantitative estimate of drug-likeness (QED) is 0.412. The zero-order valence-electron chi connectivity index (χ0n) is 17.8. The van der Waals surface area contributed by atoms with Gasteiger partial charge in [-0.3, -0.25) is 0 Å². The van der Waals surface area contributed by atoms with Gasteiger partial charge in [0.1, 0.15) is 17.0 Å². The number of H-pyrrole nitrogens is 1. The van der Waals surface area contributed by atoms with Gasteiger partial charge in [-0.2, -0.15) is 10.1 Å². The Kier molecular flexibility index (Phi) is 4.53. The van der Waals surface area contributed by atoms with E-state index >= 15 is 0 Å². The highest BCUT2D eigenvalue weighted by Crippen LogP contribution is 2.29. The van der Waals surface area contributed by atoms with Gasteiger partial charge in [-0.25, -0.2) is 19.3 Å². The molecule has 6 aromatic rings. The van der Waals surface area contributed by atoms with E-state index in [9.17, 15) is 0 Å². The van der Waals surface area contributed by atoms with Crippen molar-refractivity contribution in [1.29, 1.82) is 0 Å². The SMILES string of the molecule is CNc1ncc2c(-c3cnc4[nH]ccc4c3)nn(Cc3cn(Cc4ccccc4)nn3)c2n1.